The summed E-state index contributed by atoms with van der Waals surface area (Å²) in [6.45, 7) is 6.60. The van der Waals surface area contributed by atoms with Gasteiger partial charge in [0.2, 0.25) is 17.7 Å². The molecule has 5 amide bonds. The quantitative estimate of drug-likeness (QED) is 0.663. The molecule has 0 bridgehead atoms. The average Bonchev–Trinajstić information content (AvgIpc) is 3.02. The number of rotatable bonds is 5. The van der Waals surface area contributed by atoms with Gasteiger partial charge in [-0.3, -0.25) is 34.2 Å². The standard InChI is InChI=1S/C26H27N3O5/c1-26(2,3)17-7-4-15(5-8-17)13-22(31)27-14-16-6-9-18-19(12-16)25(34)29(24(18)33)20-10-11-21(30)28-23(20)32/h4-9,12,20H,10-11,13-14H2,1-3H3,(H,27,31)(H,28,30,32). The first-order valence-corrected chi connectivity index (χ1v) is 11.3. The Bertz CT molecular complexity index is 1190. The van der Waals surface area contributed by atoms with Gasteiger partial charge in [-0.25, -0.2) is 0 Å². The van der Waals surface area contributed by atoms with Crippen molar-refractivity contribution < 1.29 is 24.0 Å². The molecule has 4 rings (SSSR count). The number of hydrogen-bond acceptors (Lipinski definition) is 5. The third-order valence-electron chi connectivity index (χ3n) is 6.18. The molecule has 1 unspecified atom stereocenters. The van der Waals surface area contributed by atoms with E-state index in [9.17, 15) is 24.0 Å². The van der Waals surface area contributed by atoms with E-state index < -0.39 is 29.7 Å². The lowest BCUT2D eigenvalue weighted by molar-refractivity contribution is -0.136. The Labute approximate surface area is 197 Å². The average molecular weight is 462 g/mol. The van der Waals surface area contributed by atoms with E-state index in [-0.39, 0.29) is 48.3 Å². The van der Waals surface area contributed by atoms with E-state index in [0.29, 0.717) is 5.56 Å². The van der Waals surface area contributed by atoms with Crippen LogP contribution < -0.4 is 10.6 Å². The number of amides is 5. The van der Waals surface area contributed by atoms with Crippen molar-refractivity contribution in [2.24, 2.45) is 0 Å². The summed E-state index contributed by atoms with van der Waals surface area (Å²) in [6.07, 6.45) is 0.409. The molecule has 1 fully saturated rings. The molecule has 8 heteroatoms. The third-order valence-corrected chi connectivity index (χ3v) is 6.18. The number of nitrogens with one attached hydrogen (secondary N) is 2. The van der Waals surface area contributed by atoms with Gasteiger partial charge >= 0.3 is 0 Å². The van der Waals surface area contributed by atoms with E-state index in [2.05, 4.69) is 31.4 Å². The second-order valence-corrected chi connectivity index (χ2v) is 9.73. The summed E-state index contributed by atoms with van der Waals surface area (Å²) in [5, 5.41) is 5.02. The molecular formula is C26H27N3O5. The summed E-state index contributed by atoms with van der Waals surface area (Å²) in [4.78, 5) is 62.6. The minimum atomic E-state index is -1.00. The fourth-order valence-electron chi connectivity index (χ4n) is 4.20. The van der Waals surface area contributed by atoms with Gasteiger partial charge in [0, 0.05) is 13.0 Å². The molecule has 34 heavy (non-hydrogen) atoms. The molecule has 2 aromatic rings. The summed E-state index contributed by atoms with van der Waals surface area (Å²) in [5.74, 6) is -2.34. The Kier molecular flexibility index (Phi) is 6.08. The number of fused-ring (bicyclic) bond motifs is 1. The molecular weight excluding hydrogens is 434 g/mol. The predicted octanol–water partition coefficient (Wildman–Crippen LogP) is 2.24. The second kappa shape index (κ2) is 8.85. The number of nitrogens with zero attached hydrogens (tertiary/aromatic N) is 1. The maximum absolute atomic E-state index is 12.9. The SMILES string of the molecule is CC(C)(C)c1ccc(CC(=O)NCc2ccc3c(c2)C(=O)N(C2CCC(=O)NC2=O)C3=O)cc1. The zero-order chi connectivity index (χ0) is 24.6. The largest absolute Gasteiger partial charge is 0.352 e. The lowest BCUT2D eigenvalue weighted by Gasteiger charge is -2.27. The van der Waals surface area contributed by atoms with Crippen LogP contribution in [0.4, 0.5) is 0 Å². The lowest BCUT2D eigenvalue weighted by atomic mass is 9.86. The van der Waals surface area contributed by atoms with Crippen molar-refractivity contribution >= 4 is 29.5 Å². The van der Waals surface area contributed by atoms with Gasteiger partial charge in [-0.05, 0) is 40.7 Å². The Morgan fingerprint density at radius 2 is 1.62 bits per heavy atom. The molecule has 0 radical (unpaired) electrons. The van der Waals surface area contributed by atoms with Gasteiger partial charge in [0.25, 0.3) is 11.8 Å². The van der Waals surface area contributed by atoms with E-state index in [1.807, 2.05) is 24.3 Å². The number of carbonyl (C=O) groups excluding carboxylic acids is 5. The first-order chi connectivity index (χ1) is 16.0. The molecule has 8 nitrogen and oxygen atoms in total. The fourth-order valence-corrected chi connectivity index (χ4v) is 4.20. The van der Waals surface area contributed by atoms with Crippen molar-refractivity contribution in [3.05, 3.63) is 70.3 Å². The molecule has 1 saturated heterocycles. The summed E-state index contributed by atoms with van der Waals surface area (Å²) in [7, 11) is 0. The summed E-state index contributed by atoms with van der Waals surface area (Å²) >= 11 is 0. The Morgan fingerprint density at radius 1 is 0.971 bits per heavy atom. The van der Waals surface area contributed by atoms with Crippen LogP contribution in [0.2, 0.25) is 0 Å². The van der Waals surface area contributed by atoms with Crippen LogP contribution in [0, 0.1) is 0 Å². The number of hydrogen-bond donors (Lipinski definition) is 2. The molecule has 0 aromatic heterocycles. The molecule has 2 aliphatic rings. The number of benzene rings is 2. The highest BCUT2D eigenvalue weighted by Gasteiger charge is 2.44. The highest BCUT2D eigenvalue weighted by molar-refractivity contribution is 6.23. The third kappa shape index (κ3) is 4.62. The van der Waals surface area contributed by atoms with Gasteiger partial charge in [0.05, 0.1) is 17.5 Å². The van der Waals surface area contributed by atoms with Crippen molar-refractivity contribution in [3.63, 3.8) is 0 Å². The smallest absolute Gasteiger partial charge is 0.262 e. The normalized spacial score (nSPS) is 18.1. The Morgan fingerprint density at radius 3 is 2.26 bits per heavy atom. The second-order valence-electron chi connectivity index (χ2n) is 9.73. The zero-order valence-electron chi connectivity index (χ0n) is 19.4. The highest BCUT2D eigenvalue weighted by Crippen LogP contribution is 2.28. The minimum absolute atomic E-state index is 0.0426. The van der Waals surface area contributed by atoms with E-state index in [0.717, 1.165) is 10.5 Å². The number of piperidine rings is 1. The molecule has 0 aliphatic carbocycles. The van der Waals surface area contributed by atoms with Crippen LogP contribution in [-0.4, -0.2) is 40.5 Å². The zero-order valence-corrected chi connectivity index (χ0v) is 19.4. The number of imide groups is 2. The van der Waals surface area contributed by atoms with E-state index in [4.69, 9.17) is 0 Å². The molecule has 0 spiro atoms. The fraction of sp³-hybridized carbons (Fsp3) is 0.346. The molecule has 176 valence electrons. The van der Waals surface area contributed by atoms with Crippen LogP contribution in [-0.2, 0) is 32.8 Å². The van der Waals surface area contributed by atoms with E-state index >= 15 is 0 Å². The number of carbonyl (C=O) groups is 5. The molecule has 2 aromatic carbocycles. The summed E-state index contributed by atoms with van der Waals surface area (Å²) in [6, 6.07) is 11.7. The molecule has 0 saturated carbocycles. The minimum Gasteiger partial charge on any atom is -0.352 e. The van der Waals surface area contributed by atoms with Crippen molar-refractivity contribution in [3.8, 4) is 0 Å². The summed E-state index contributed by atoms with van der Waals surface area (Å²) in [5.41, 5.74) is 3.21. The van der Waals surface area contributed by atoms with E-state index in [1.54, 1.807) is 12.1 Å². The van der Waals surface area contributed by atoms with Crippen LogP contribution in [0.1, 0.15) is 71.0 Å². The molecule has 1 atom stereocenters. The van der Waals surface area contributed by atoms with Crippen LogP contribution in [0.15, 0.2) is 42.5 Å². The van der Waals surface area contributed by atoms with Gasteiger partial charge in [0.1, 0.15) is 6.04 Å². The van der Waals surface area contributed by atoms with Crippen molar-refractivity contribution in [2.75, 3.05) is 0 Å². The van der Waals surface area contributed by atoms with Gasteiger partial charge in [-0.15, -0.1) is 0 Å². The maximum atomic E-state index is 12.9. The molecule has 2 heterocycles. The predicted molar refractivity (Wildman–Crippen MR) is 124 cm³/mol. The van der Waals surface area contributed by atoms with Crippen LogP contribution in [0.5, 0.6) is 0 Å². The van der Waals surface area contributed by atoms with Gasteiger partial charge in [-0.1, -0.05) is 51.1 Å². The van der Waals surface area contributed by atoms with Crippen molar-refractivity contribution in [2.45, 2.75) is 58.0 Å². The van der Waals surface area contributed by atoms with Gasteiger partial charge < -0.3 is 5.32 Å². The first kappa shape index (κ1) is 23.4. The van der Waals surface area contributed by atoms with E-state index in [1.165, 1.54) is 11.6 Å². The van der Waals surface area contributed by atoms with Crippen LogP contribution >= 0.6 is 0 Å². The molecule has 2 aliphatic heterocycles. The molecule has 2 N–H and O–H groups in total. The first-order valence-electron chi connectivity index (χ1n) is 11.3. The van der Waals surface area contributed by atoms with Crippen LogP contribution in [0.25, 0.3) is 0 Å². The van der Waals surface area contributed by atoms with Crippen molar-refractivity contribution in [1.29, 1.82) is 0 Å². The Hall–Kier alpha value is -3.81. The van der Waals surface area contributed by atoms with Gasteiger partial charge in [-0.2, -0.15) is 0 Å². The highest BCUT2D eigenvalue weighted by atomic mass is 16.2. The van der Waals surface area contributed by atoms with Gasteiger partial charge in [0.15, 0.2) is 0 Å². The monoisotopic (exact) mass is 461 g/mol. The summed E-state index contributed by atoms with van der Waals surface area (Å²) < 4.78 is 0. The topological polar surface area (TPSA) is 113 Å². The van der Waals surface area contributed by atoms with Crippen LogP contribution in [0.3, 0.4) is 0 Å². The maximum Gasteiger partial charge on any atom is 0.262 e. The van der Waals surface area contributed by atoms with Crippen molar-refractivity contribution in [1.82, 2.24) is 15.5 Å². The Balaban J connectivity index is 1.39. The lowest BCUT2D eigenvalue weighted by Crippen LogP contribution is -2.54.